The Morgan fingerprint density at radius 1 is 0.877 bits per heavy atom. The van der Waals surface area contributed by atoms with Crippen LogP contribution in [-0.2, 0) is 25.2 Å². The van der Waals surface area contributed by atoms with E-state index in [1.54, 1.807) is 18.2 Å². The molecule has 0 amide bonds. The molecule has 2 unspecified atom stereocenters. The van der Waals surface area contributed by atoms with Gasteiger partial charge in [-0.15, -0.1) is 0 Å². The number of halogens is 3. The highest BCUT2D eigenvalue weighted by Gasteiger charge is 2.50. The monoisotopic (exact) mass is 914 g/mol. The van der Waals surface area contributed by atoms with E-state index in [9.17, 15) is 23.1 Å². The number of carbonyl (C=O) groups excluding carboxylic acids is 1. The number of piperidine rings is 1. The summed E-state index contributed by atoms with van der Waals surface area (Å²) in [6.07, 6.45) is -2.83. The van der Waals surface area contributed by atoms with E-state index >= 15 is 0 Å². The lowest BCUT2D eigenvalue weighted by Gasteiger charge is -2.43. The molecule has 0 aliphatic carbocycles. The predicted molar refractivity (Wildman–Crippen MR) is 252 cm³/mol. The maximum Gasteiger partial charge on any atom is 0.406 e. The number of fused-ring (bicyclic) bond motifs is 1. The number of nitrogens with zero attached hydrogens (tertiary/aromatic N) is 2. The number of benzene rings is 4. The number of alkyl halides is 3. The molecule has 2 heterocycles. The molecule has 0 saturated carbocycles. The second kappa shape index (κ2) is 22.1. The van der Waals surface area contributed by atoms with Gasteiger partial charge in [-0.2, -0.15) is 13.2 Å². The Bertz CT molecular complexity index is 2360. The van der Waals surface area contributed by atoms with Gasteiger partial charge < -0.3 is 48.6 Å². The summed E-state index contributed by atoms with van der Waals surface area (Å²) in [4.78, 5) is 14.4. The Morgan fingerprint density at radius 2 is 1.54 bits per heavy atom. The van der Waals surface area contributed by atoms with Crippen molar-refractivity contribution >= 4 is 46.9 Å². The normalized spacial score (nSPS) is 15.9. The molecule has 0 radical (unpaired) electrons. The number of carbonyl (C=O) groups is 1. The molecule has 1 saturated heterocycles. The number of hydrogen-bond donors (Lipinski definition) is 3. The van der Waals surface area contributed by atoms with E-state index in [0.717, 1.165) is 31.6 Å². The quantitative estimate of drug-likeness (QED) is 0.0327. The van der Waals surface area contributed by atoms with E-state index in [2.05, 4.69) is 104 Å². The lowest BCUT2D eigenvalue weighted by Crippen LogP contribution is -2.66. The van der Waals surface area contributed by atoms with Crippen LogP contribution < -0.4 is 25.7 Å². The zero-order valence-electron chi connectivity index (χ0n) is 38.1. The molecule has 0 bridgehead atoms. The molecular weight excluding hydrogens is 854 g/mol. The van der Waals surface area contributed by atoms with Crippen LogP contribution in [0.2, 0.25) is 5.04 Å². The zero-order chi connectivity index (χ0) is 46.6. The number of anilines is 2. The molecule has 3 N–H and O–H groups in total. The van der Waals surface area contributed by atoms with Gasteiger partial charge in [-0.1, -0.05) is 93.4 Å². The van der Waals surface area contributed by atoms with Gasteiger partial charge in [-0.05, 0) is 71.9 Å². The van der Waals surface area contributed by atoms with Crippen molar-refractivity contribution in [3.63, 3.8) is 0 Å². The molecule has 4 aromatic carbocycles. The van der Waals surface area contributed by atoms with Gasteiger partial charge in [0.2, 0.25) is 0 Å². The number of phenolic OH excluding ortho intramolecular Hbond substituents is 1. The molecule has 11 nitrogen and oxygen atoms in total. The third-order valence-corrected chi connectivity index (χ3v) is 16.9. The minimum Gasteiger partial charge on any atom is -0.507 e. The van der Waals surface area contributed by atoms with E-state index in [4.69, 9.17) is 23.4 Å². The van der Waals surface area contributed by atoms with Gasteiger partial charge in [0.25, 0.3) is 8.32 Å². The standard InChI is InChI=1S/C50H61F3N4O7Si/c1-49(2,3)65(39-16-9-7-10-17-39,40-18-11-8-12-19-40)64-30-29-63-28-27-62-26-23-36-34-56(4)25-22-42(36)55-43-20-13-21-44-41(43)33-38(57(44)35-50(51,52)53)15-14-24-54-37-31-45(58)47(48(59)61-6)46(32-37)60-5/h7-13,16-21,31-33,36,42,54-55,58H,22-30,34-35H2,1-6H3. The number of methoxy groups -OCH3 is 2. The minimum absolute atomic E-state index is 0.0295. The summed E-state index contributed by atoms with van der Waals surface area (Å²) in [5.41, 5.74) is 1.64. The number of aromatic nitrogens is 1. The maximum atomic E-state index is 14.0. The van der Waals surface area contributed by atoms with Gasteiger partial charge in [0, 0.05) is 48.1 Å². The summed E-state index contributed by atoms with van der Waals surface area (Å²) in [5.74, 6) is 5.03. The van der Waals surface area contributed by atoms with E-state index in [1.807, 2.05) is 18.2 Å². The van der Waals surface area contributed by atoms with Crippen molar-refractivity contribution in [1.29, 1.82) is 0 Å². The van der Waals surface area contributed by atoms with Crippen LogP contribution in [0, 0.1) is 17.8 Å². The molecule has 0 spiro atoms. The summed E-state index contributed by atoms with van der Waals surface area (Å²) in [7, 11) is 2.00. The van der Waals surface area contributed by atoms with Gasteiger partial charge in [0.05, 0.1) is 58.4 Å². The Morgan fingerprint density at radius 3 is 2.17 bits per heavy atom. The molecule has 1 aliphatic rings. The van der Waals surface area contributed by atoms with Crippen LogP contribution in [-0.4, -0.2) is 115 Å². The lowest BCUT2D eigenvalue weighted by molar-refractivity contribution is -0.140. The van der Waals surface area contributed by atoms with E-state index in [0.29, 0.717) is 49.6 Å². The number of phenols is 1. The van der Waals surface area contributed by atoms with Gasteiger partial charge in [-0.25, -0.2) is 4.79 Å². The Hall–Kier alpha value is -5.50. The van der Waals surface area contributed by atoms with Crippen molar-refractivity contribution in [2.75, 3.05) is 84.6 Å². The maximum absolute atomic E-state index is 14.0. The molecule has 1 aliphatic heterocycles. The van der Waals surface area contributed by atoms with Gasteiger partial charge in [-0.3, -0.25) is 0 Å². The van der Waals surface area contributed by atoms with E-state index in [-0.39, 0.29) is 46.3 Å². The molecular formula is C50H61F3N4O7Si. The fourth-order valence-electron chi connectivity index (χ4n) is 8.78. The minimum atomic E-state index is -4.48. The predicted octanol–water partition coefficient (Wildman–Crippen LogP) is 7.90. The second-order valence-corrected chi connectivity index (χ2v) is 21.6. The summed E-state index contributed by atoms with van der Waals surface area (Å²) in [6.45, 7) is 9.66. The molecule has 15 heteroatoms. The number of rotatable bonds is 19. The van der Waals surface area contributed by atoms with Gasteiger partial charge >= 0.3 is 12.1 Å². The summed E-state index contributed by atoms with van der Waals surface area (Å²) in [6, 6.07) is 31.0. The average Bonchev–Trinajstić information content (AvgIpc) is 3.62. The van der Waals surface area contributed by atoms with Crippen LogP contribution in [0.15, 0.2) is 97.1 Å². The lowest BCUT2D eigenvalue weighted by atomic mass is 9.89. The summed E-state index contributed by atoms with van der Waals surface area (Å²) < 4.78 is 72.1. The van der Waals surface area contributed by atoms with Crippen molar-refractivity contribution in [2.45, 2.75) is 57.4 Å². The highest BCUT2D eigenvalue weighted by molar-refractivity contribution is 6.99. The molecule has 1 fully saturated rings. The Labute approximate surface area is 381 Å². The molecule has 1 aromatic heterocycles. The molecule has 65 heavy (non-hydrogen) atoms. The van der Waals surface area contributed by atoms with Crippen molar-refractivity contribution in [3.8, 4) is 23.3 Å². The zero-order valence-corrected chi connectivity index (χ0v) is 39.1. The first kappa shape index (κ1) is 48.9. The fourth-order valence-corrected chi connectivity index (χ4v) is 13.3. The van der Waals surface area contributed by atoms with Crippen molar-refractivity contribution < 1.29 is 46.4 Å². The number of esters is 1. The van der Waals surface area contributed by atoms with Crippen LogP contribution in [0.1, 0.15) is 49.7 Å². The Kier molecular flexibility index (Phi) is 16.7. The molecule has 5 aromatic rings. The molecule has 6 rings (SSSR count). The van der Waals surface area contributed by atoms with E-state index in [1.165, 1.54) is 41.3 Å². The Balaban J connectivity index is 1.05. The van der Waals surface area contributed by atoms with E-state index < -0.39 is 27.0 Å². The fraction of sp³-hybridized carbons (Fsp3) is 0.420. The van der Waals surface area contributed by atoms with Crippen LogP contribution >= 0.6 is 0 Å². The topological polar surface area (TPSA) is 116 Å². The number of hydrogen-bond acceptors (Lipinski definition) is 10. The van der Waals surface area contributed by atoms with Gasteiger partial charge in [0.15, 0.2) is 0 Å². The van der Waals surface area contributed by atoms with Crippen LogP contribution in [0.3, 0.4) is 0 Å². The van der Waals surface area contributed by atoms with Crippen molar-refractivity contribution in [3.05, 3.63) is 108 Å². The third-order valence-electron chi connectivity index (χ3n) is 11.8. The summed E-state index contributed by atoms with van der Waals surface area (Å²) >= 11 is 0. The first-order chi connectivity index (χ1) is 31.1. The first-order valence-corrected chi connectivity index (χ1v) is 23.8. The second-order valence-electron chi connectivity index (χ2n) is 17.3. The number of ether oxygens (including phenoxy) is 4. The molecule has 2 atom stereocenters. The van der Waals surface area contributed by atoms with Gasteiger partial charge in [0.1, 0.15) is 23.6 Å². The average molecular weight is 915 g/mol. The highest BCUT2D eigenvalue weighted by Crippen LogP contribution is 2.37. The number of nitrogens with one attached hydrogen (secondary N) is 2. The van der Waals surface area contributed by atoms with Crippen LogP contribution in [0.5, 0.6) is 11.5 Å². The van der Waals surface area contributed by atoms with Crippen LogP contribution in [0.25, 0.3) is 10.9 Å². The van der Waals surface area contributed by atoms with Crippen molar-refractivity contribution in [2.24, 2.45) is 5.92 Å². The summed E-state index contributed by atoms with van der Waals surface area (Å²) in [5, 5.41) is 20.1. The third kappa shape index (κ3) is 12.2. The first-order valence-electron chi connectivity index (χ1n) is 21.9. The SMILES string of the molecule is COC(=O)c1c(O)cc(NCC#Cc2cc3c(NC4CCN(C)CC4CCOCCOCCO[Si](c4ccccc4)(c4ccccc4)C(C)(C)C)cccc3n2CC(F)(F)F)cc1OC. The number of aromatic hydroxyl groups is 1. The number of likely N-dealkylation sites (tertiary alicyclic amines) is 1. The smallest absolute Gasteiger partial charge is 0.406 e. The largest absolute Gasteiger partial charge is 0.507 e. The molecule has 348 valence electrons. The van der Waals surface area contributed by atoms with Crippen LogP contribution in [0.4, 0.5) is 24.5 Å². The highest BCUT2D eigenvalue weighted by atomic mass is 28.4. The van der Waals surface area contributed by atoms with Crippen molar-refractivity contribution in [1.82, 2.24) is 9.47 Å².